The van der Waals surface area contributed by atoms with Gasteiger partial charge in [-0.15, -0.1) is 0 Å². The van der Waals surface area contributed by atoms with Crippen LogP contribution in [0, 0.1) is 0 Å². The van der Waals surface area contributed by atoms with Gasteiger partial charge in [-0.05, 0) is 37.1 Å². The summed E-state index contributed by atoms with van der Waals surface area (Å²) in [5.41, 5.74) is 1.20. The molecule has 8 nitrogen and oxygen atoms in total. The first-order valence-corrected chi connectivity index (χ1v) is 9.51. The fourth-order valence-corrected chi connectivity index (χ4v) is 3.81. The molecule has 0 saturated heterocycles. The van der Waals surface area contributed by atoms with Crippen molar-refractivity contribution in [1.82, 2.24) is 10.0 Å². The predicted octanol–water partition coefficient (Wildman–Crippen LogP) is 1.74. The number of aromatic carboxylic acids is 1. The number of benzene rings is 1. The zero-order valence-corrected chi connectivity index (χ0v) is 15.2. The molecule has 140 valence electrons. The summed E-state index contributed by atoms with van der Waals surface area (Å²) in [6, 6.07) is 9.09. The van der Waals surface area contributed by atoms with Gasteiger partial charge in [-0.25, -0.2) is 17.9 Å². The van der Waals surface area contributed by atoms with Crippen LogP contribution in [-0.2, 0) is 22.3 Å². The number of sulfonamides is 1. The Labute approximate surface area is 151 Å². The Bertz CT molecular complexity index is 901. The lowest BCUT2D eigenvalue weighted by molar-refractivity contribution is 0.0659. The normalized spacial score (nSPS) is 11.5. The van der Waals surface area contributed by atoms with E-state index in [9.17, 15) is 18.0 Å². The van der Waals surface area contributed by atoms with Crippen molar-refractivity contribution in [3.8, 4) is 0 Å². The molecule has 3 N–H and O–H groups in total. The Hall–Kier alpha value is -2.65. The third-order valence-electron chi connectivity index (χ3n) is 3.36. The molecule has 2 aromatic rings. The summed E-state index contributed by atoms with van der Waals surface area (Å²) in [6.07, 6.45) is 0. The molecule has 9 heteroatoms. The molecule has 1 amide bonds. The maximum atomic E-state index is 12.1. The number of furan rings is 1. The van der Waals surface area contributed by atoms with Crippen molar-refractivity contribution in [1.29, 1.82) is 0 Å². The van der Waals surface area contributed by atoms with E-state index in [1.807, 2.05) is 0 Å². The monoisotopic (exact) mass is 380 g/mol. The van der Waals surface area contributed by atoms with Crippen LogP contribution < -0.4 is 10.0 Å². The van der Waals surface area contributed by atoms with Crippen molar-refractivity contribution in [3.63, 3.8) is 0 Å². The smallest absolute Gasteiger partial charge is 0.371 e. The first-order valence-electron chi connectivity index (χ1n) is 7.86. The summed E-state index contributed by atoms with van der Waals surface area (Å²) in [5, 5.41) is 11.4. The van der Waals surface area contributed by atoms with E-state index in [0.29, 0.717) is 11.1 Å². The largest absolute Gasteiger partial charge is 0.475 e. The number of carbonyl (C=O) groups excluding carboxylic acids is 1. The Balaban J connectivity index is 2.08. The van der Waals surface area contributed by atoms with E-state index in [0.717, 1.165) is 0 Å². The summed E-state index contributed by atoms with van der Waals surface area (Å²) < 4.78 is 31.7. The fourth-order valence-electron chi connectivity index (χ4n) is 2.31. The second-order valence-corrected chi connectivity index (χ2v) is 7.71. The lowest BCUT2D eigenvalue weighted by Gasteiger charge is -2.13. The van der Waals surface area contributed by atoms with Gasteiger partial charge in [0, 0.05) is 12.6 Å². The van der Waals surface area contributed by atoms with Gasteiger partial charge < -0.3 is 14.8 Å². The topological polar surface area (TPSA) is 126 Å². The van der Waals surface area contributed by atoms with Crippen LogP contribution >= 0.6 is 0 Å². The van der Waals surface area contributed by atoms with Crippen molar-refractivity contribution in [3.05, 3.63) is 59.0 Å². The molecule has 0 fully saturated rings. The van der Waals surface area contributed by atoms with Crippen molar-refractivity contribution in [2.45, 2.75) is 32.2 Å². The Morgan fingerprint density at radius 3 is 2.27 bits per heavy atom. The number of hydrogen-bond donors (Lipinski definition) is 3. The van der Waals surface area contributed by atoms with E-state index in [1.54, 1.807) is 38.1 Å². The lowest BCUT2D eigenvalue weighted by atomic mass is 10.1. The number of amides is 1. The van der Waals surface area contributed by atoms with Gasteiger partial charge in [-0.3, -0.25) is 4.79 Å². The van der Waals surface area contributed by atoms with Gasteiger partial charge in [0.25, 0.3) is 5.91 Å². The first-order chi connectivity index (χ1) is 12.2. The highest BCUT2D eigenvalue weighted by Gasteiger charge is 2.17. The quantitative estimate of drug-likeness (QED) is 0.640. The average molecular weight is 380 g/mol. The zero-order chi connectivity index (χ0) is 19.3. The number of rotatable bonds is 8. The van der Waals surface area contributed by atoms with E-state index >= 15 is 0 Å². The molecule has 0 aliphatic carbocycles. The minimum atomic E-state index is -3.50. The van der Waals surface area contributed by atoms with Crippen LogP contribution in [0.5, 0.6) is 0 Å². The Kier molecular flexibility index (Phi) is 6.17. The van der Waals surface area contributed by atoms with Gasteiger partial charge >= 0.3 is 5.97 Å². The van der Waals surface area contributed by atoms with Crippen LogP contribution in [0.15, 0.2) is 40.8 Å². The number of carbonyl (C=O) groups is 2. The molecular formula is C17H20N2O6S. The Morgan fingerprint density at radius 1 is 1.08 bits per heavy atom. The Morgan fingerprint density at radius 2 is 1.69 bits per heavy atom. The molecule has 0 radical (unpaired) electrons. The fraction of sp³-hybridized carbons (Fsp3) is 0.294. The van der Waals surface area contributed by atoms with Gasteiger partial charge in [-0.2, -0.15) is 0 Å². The highest BCUT2D eigenvalue weighted by Crippen LogP contribution is 2.13. The van der Waals surface area contributed by atoms with E-state index in [4.69, 9.17) is 9.52 Å². The molecule has 0 spiro atoms. The van der Waals surface area contributed by atoms with Gasteiger partial charge in [0.15, 0.2) is 5.76 Å². The van der Waals surface area contributed by atoms with Crippen LogP contribution in [0.2, 0.25) is 0 Å². The molecular weight excluding hydrogens is 360 g/mol. The minimum Gasteiger partial charge on any atom is -0.475 e. The summed E-state index contributed by atoms with van der Waals surface area (Å²) in [7, 11) is -3.50. The summed E-state index contributed by atoms with van der Waals surface area (Å²) in [4.78, 5) is 22.8. The van der Waals surface area contributed by atoms with E-state index in [1.165, 1.54) is 12.1 Å². The number of hydrogen-bond acceptors (Lipinski definition) is 5. The van der Waals surface area contributed by atoms with Gasteiger partial charge in [0.05, 0.1) is 5.75 Å². The van der Waals surface area contributed by atoms with Crippen molar-refractivity contribution in [2.75, 3.05) is 0 Å². The molecule has 1 aromatic heterocycles. The van der Waals surface area contributed by atoms with Crippen molar-refractivity contribution < 1.29 is 27.5 Å². The first kappa shape index (κ1) is 19.7. The molecule has 0 unspecified atom stereocenters. The molecule has 0 aliphatic heterocycles. The molecule has 0 atom stereocenters. The molecule has 0 aliphatic rings. The minimum absolute atomic E-state index is 0.0787. The highest BCUT2D eigenvalue weighted by molar-refractivity contribution is 7.88. The molecule has 1 aromatic carbocycles. The van der Waals surface area contributed by atoms with Crippen LogP contribution in [0.25, 0.3) is 0 Å². The lowest BCUT2D eigenvalue weighted by Crippen LogP contribution is -2.31. The van der Waals surface area contributed by atoms with E-state index in [2.05, 4.69) is 10.0 Å². The third-order valence-corrected chi connectivity index (χ3v) is 4.88. The second kappa shape index (κ2) is 8.15. The van der Waals surface area contributed by atoms with Crippen molar-refractivity contribution >= 4 is 21.9 Å². The number of carboxylic acids is 1. The van der Waals surface area contributed by atoms with Crippen LogP contribution in [0.4, 0.5) is 0 Å². The van der Waals surface area contributed by atoms with E-state index in [-0.39, 0.29) is 29.9 Å². The maximum absolute atomic E-state index is 12.1. The second-order valence-electron chi connectivity index (χ2n) is 5.95. The van der Waals surface area contributed by atoms with Crippen LogP contribution in [-0.4, -0.2) is 31.4 Å². The molecule has 2 rings (SSSR count). The molecule has 1 heterocycles. The van der Waals surface area contributed by atoms with Crippen LogP contribution in [0.1, 0.15) is 46.1 Å². The third kappa shape index (κ3) is 5.43. The molecule has 0 bridgehead atoms. The van der Waals surface area contributed by atoms with E-state index < -0.39 is 21.9 Å². The predicted molar refractivity (Wildman–Crippen MR) is 94.2 cm³/mol. The standard InChI is InChI=1S/C17H20N2O6S/c1-11(2)19-26(23,24)10-13-6-4-3-5-12(13)9-18-16(20)14-7-8-15(25-14)17(21)22/h3-8,11,19H,9-10H2,1-2H3,(H,18,20)(H,21,22). The van der Waals surface area contributed by atoms with Crippen molar-refractivity contribution in [2.24, 2.45) is 0 Å². The summed E-state index contributed by atoms with van der Waals surface area (Å²) in [5.74, 6) is -2.52. The average Bonchev–Trinajstić information content (AvgIpc) is 3.02. The maximum Gasteiger partial charge on any atom is 0.371 e. The SMILES string of the molecule is CC(C)NS(=O)(=O)Cc1ccccc1CNC(=O)c1ccc(C(=O)O)o1. The molecule has 26 heavy (non-hydrogen) atoms. The summed E-state index contributed by atoms with van der Waals surface area (Å²) >= 11 is 0. The number of carboxylic acid groups (broad SMARTS) is 1. The summed E-state index contributed by atoms with van der Waals surface area (Å²) in [6.45, 7) is 3.55. The highest BCUT2D eigenvalue weighted by atomic mass is 32.2. The van der Waals surface area contributed by atoms with Gasteiger partial charge in [0.1, 0.15) is 0 Å². The molecule has 0 saturated carbocycles. The van der Waals surface area contributed by atoms with Gasteiger partial charge in [0.2, 0.25) is 15.8 Å². The number of nitrogens with one attached hydrogen (secondary N) is 2. The van der Waals surface area contributed by atoms with Crippen LogP contribution in [0.3, 0.4) is 0 Å². The van der Waals surface area contributed by atoms with Gasteiger partial charge in [-0.1, -0.05) is 24.3 Å². The zero-order valence-electron chi connectivity index (χ0n) is 14.4.